The molecule has 1 N–H and O–H groups in total. The van der Waals surface area contributed by atoms with Gasteiger partial charge in [0.1, 0.15) is 0 Å². The van der Waals surface area contributed by atoms with Crippen molar-refractivity contribution in [1.82, 2.24) is 4.98 Å². The van der Waals surface area contributed by atoms with Gasteiger partial charge >= 0.3 is 5.97 Å². The second kappa shape index (κ2) is 4.97. The van der Waals surface area contributed by atoms with Crippen molar-refractivity contribution in [3.63, 3.8) is 0 Å². The summed E-state index contributed by atoms with van der Waals surface area (Å²) in [5, 5.41) is 8.25. The van der Waals surface area contributed by atoms with Crippen LogP contribution >= 0.6 is 0 Å². The van der Waals surface area contributed by atoms with E-state index >= 15 is 0 Å². The SMILES string of the molecule is CC(C(=O)O)S(=O)(=O)Cc1ccc2ccccc2n1. The van der Waals surface area contributed by atoms with Crippen molar-refractivity contribution >= 4 is 26.7 Å². The highest BCUT2D eigenvalue weighted by molar-refractivity contribution is 7.91. The molecule has 1 aromatic carbocycles. The molecule has 0 bridgehead atoms. The maximum atomic E-state index is 11.9. The number of fused-ring (bicyclic) bond motifs is 1. The molecule has 0 saturated heterocycles. The Morgan fingerprint density at radius 3 is 2.63 bits per heavy atom. The maximum absolute atomic E-state index is 11.9. The van der Waals surface area contributed by atoms with Crippen LogP contribution in [-0.4, -0.2) is 29.7 Å². The number of carbonyl (C=O) groups is 1. The number of hydrogen-bond acceptors (Lipinski definition) is 4. The Bertz CT molecular complexity index is 724. The van der Waals surface area contributed by atoms with Crippen molar-refractivity contribution in [2.45, 2.75) is 17.9 Å². The van der Waals surface area contributed by atoms with Gasteiger partial charge in [-0.2, -0.15) is 0 Å². The molecule has 100 valence electrons. The summed E-state index contributed by atoms with van der Waals surface area (Å²) in [4.78, 5) is 15.0. The van der Waals surface area contributed by atoms with E-state index in [2.05, 4.69) is 4.98 Å². The summed E-state index contributed by atoms with van der Waals surface area (Å²) in [6.45, 7) is 1.17. The molecule has 6 heteroatoms. The van der Waals surface area contributed by atoms with Crippen LogP contribution < -0.4 is 0 Å². The Balaban J connectivity index is 2.34. The second-order valence-corrected chi connectivity index (χ2v) is 6.60. The molecule has 0 aliphatic rings. The molecular weight excluding hydrogens is 266 g/mol. The van der Waals surface area contributed by atoms with Crippen LogP contribution in [0.1, 0.15) is 12.6 Å². The van der Waals surface area contributed by atoms with Crippen molar-refractivity contribution in [2.24, 2.45) is 0 Å². The summed E-state index contributed by atoms with van der Waals surface area (Å²) in [7, 11) is -3.74. The Hall–Kier alpha value is -1.95. The van der Waals surface area contributed by atoms with E-state index in [1.54, 1.807) is 18.2 Å². The average Bonchev–Trinajstić information content (AvgIpc) is 2.37. The summed E-state index contributed by atoms with van der Waals surface area (Å²) in [5.74, 6) is -1.72. The van der Waals surface area contributed by atoms with Gasteiger partial charge in [0.15, 0.2) is 15.1 Å². The smallest absolute Gasteiger partial charge is 0.321 e. The molecule has 0 spiro atoms. The van der Waals surface area contributed by atoms with E-state index in [9.17, 15) is 13.2 Å². The minimum Gasteiger partial charge on any atom is -0.480 e. The first kappa shape index (κ1) is 13.5. The minimum absolute atomic E-state index is 0.354. The van der Waals surface area contributed by atoms with Crippen LogP contribution in [-0.2, 0) is 20.4 Å². The average molecular weight is 279 g/mol. The van der Waals surface area contributed by atoms with Crippen LogP contribution in [0.25, 0.3) is 10.9 Å². The third kappa shape index (κ3) is 2.90. The highest BCUT2D eigenvalue weighted by Gasteiger charge is 2.28. The van der Waals surface area contributed by atoms with Gasteiger partial charge in [-0.25, -0.2) is 8.42 Å². The lowest BCUT2D eigenvalue weighted by molar-refractivity contribution is -0.136. The van der Waals surface area contributed by atoms with E-state index in [1.807, 2.05) is 18.2 Å². The molecule has 2 rings (SSSR count). The number of aromatic nitrogens is 1. The first-order chi connectivity index (χ1) is 8.90. The van der Waals surface area contributed by atoms with Gasteiger partial charge in [-0.15, -0.1) is 0 Å². The molecule has 0 saturated carbocycles. The lowest BCUT2D eigenvalue weighted by Crippen LogP contribution is -2.28. The number of hydrogen-bond donors (Lipinski definition) is 1. The standard InChI is InChI=1S/C13H13NO4S/c1-9(13(15)16)19(17,18)8-11-7-6-10-4-2-3-5-12(10)14-11/h2-7,9H,8H2,1H3,(H,15,16). The van der Waals surface area contributed by atoms with E-state index in [-0.39, 0.29) is 5.75 Å². The van der Waals surface area contributed by atoms with Crippen molar-refractivity contribution in [1.29, 1.82) is 0 Å². The molecule has 0 aliphatic heterocycles. The molecule has 19 heavy (non-hydrogen) atoms. The Labute approximate surface area is 110 Å². The van der Waals surface area contributed by atoms with Crippen molar-refractivity contribution in [2.75, 3.05) is 0 Å². The zero-order valence-corrected chi connectivity index (χ0v) is 11.1. The third-order valence-corrected chi connectivity index (χ3v) is 4.87. The Morgan fingerprint density at radius 2 is 1.95 bits per heavy atom. The van der Waals surface area contributed by atoms with E-state index < -0.39 is 21.1 Å². The summed E-state index contributed by atoms with van der Waals surface area (Å²) < 4.78 is 23.7. The number of carboxylic acid groups (broad SMARTS) is 1. The van der Waals surface area contributed by atoms with E-state index in [4.69, 9.17) is 5.11 Å². The fourth-order valence-corrected chi connectivity index (χ4v) is 2.80. The Morgan fingerprint density at radius 1 is 1.26 bits per heavy atom. The van der Waals surface area contributed by atoms with Crippen molar-refractivity contribution in [3.05, 3.63) is 42.1 Å². The number of benzene rings is 1. The van der Waals surface area contributed by atoms with Gasteiger partial charge in [0.05, 0.1) is 17.0 Å². The molecule has 1 atom stereocenters. The van der Waals surface area contributed by atoms with Crippen LogP contribution in [0.15, 0.2) is 36.4 Å². The van der Waals surface area contributed by atoms with Crippen LogP contribution in [0.3, 0.4) is 0 Å². The number of carboxylic acids is 1. The van der Waals surface area contributed by atoms with Gasteiger partial charge in [0.2, 0.25) is 0 Å². The largest absolute Gasteiger partial charge is 0.480 e. The minimum atomic E-state index is -3.74. The van der Waals surface area contributed by atoms with Crippen molar-refractivity contribution < 1.29 is 18.3 Å². The number of pyridine rings is 1. The molecule has 0 amide bonds. The lowest BCUT2D eigenvalue weighted by Gasteiger charge is -2.08. The fourth-order valence-electron chi connectivity index (χ4n) is 1.67. The number of sulfone groups is 1. The van der Waals surface area contributed by atoms with E-state index in [1.165, 1.54) is 6.92 Å². The van der Waals surface area contributed by atoms with Crippen LogP contribution in [0.2, 0.25) is 0 Å². The monoisotopic (exact) mass is 279 g/mol. The predicted octanol–water partition coefficient (Wildman–Crippen LogP) is 1.62. The number of rotatable bonds is 4. The number of para-hydroxylation sites is 1. The molecule has 5 nitrogen and oxygen atoms in total. The highest BCUT2D eigenvalue weighted by Crippen LogP contribution is 2.15. The first-order valence-electron chi connectivity index (χ1n) is 5.69. The number of nitrogens with zero attached hydrogens (tertiary/aromatic N) is 1. The van der Waals surface area contributed by atoms with E-state index in [0.29, 0.717) is 11.2 Å². The van der Waals surface area contributed by atoms with Crippen LogP contribution in [0.4, 0.5) is 0 Å². The fraction of sp³-hybridized carbons (Fsp3) is 0.231. The van der Waals surface area contributed by atoms with Gasteiger partial charge in [0, 0.05) is 5.39 Å². The van der Waals surface area contributed by atoms with Gasteiger partial charge in [-0.3, -0.25) is 9.78 Å². The van der Waals surface area contributed by atoms with E-state index in [0.717, 1.165) is 5.39 Å². The maximum Gasteiger partial charge on any atom is 0.321 e. The Kier molecular flexibility index (Phi) is 3.53. The second-order valence-electron chi connectivity index (χ2n) is 4.28. The van der Waals surface area contributed by atoms with Crippen LogP contribution in [0.5, 0.6) is 0 Å². The van der Waals surface area contributed by atoms with Gasteiger partial charge < -0.3 is 5.11 Å². The molecule has 0 fully saturated rings. The lowest BCUT2D eigenvalue weighted by atomic mass is 10.2. The quantitative estimate of drug-likeness (QED) is 0.919. The summed E-state index contributed by atoms with van der Waals surface area (Å²) >= 11 is 0. The summed E-state index contributed by atoms with van der Waals surface area (Å²) in [6, 6.07) is 10.7. The molecule has 0 radical (unpaired) electrons. The topological polar surface area (TPSA) is 84.3 Å². The van der Waals surface area contributed by atoms with Gasteiger partial charge in [0.25, 0.3) is 0 Å². The summed E-state index contributed by atoms with van der Waals surface area (Å²) in [5.41, 5.74) is 1.05. The highest BCUT2D eigenvalue weighted by atomic mass is 32.2. The first-order valence-corrected chi connectivity index (χ1v) is 7.41. The molecule has 1 unspecified atom stereocenters. The van der Waals surface area contributed by atoms with Crippen LogP contribution in [0, 0.1) is 0 Å². The van der Waals surface area contributed by atoms with Gasteiger partial charge in [-0.1, -0.05) is 24.3 Å². The molecular formula is C13H13NO4S. The predicted molar refractivity (Wildman–Crippen MR) is 71.5 cm³/mol. The molecule has 1 aromatic heterocycles. The molecule has 0 aliphatic carbocycles. The normalized spacial score (nSPS) is 13.3. The zero-order chi connectivity index (χ0) is 14.0. The number of aliphatic carboxylic acids is 1. The zero-order valence-electron chi connectivity index (χ0n) is 10.3. The molecule has 2 aromatic rings. The molecule has 1 heterocycles. The van der Waals surface area contributed by atoms with Crippen molar-refractivity contribution in [3.8, 4) is 0 Å². The van der Waals surface area contributed by atoms with Gasteiger partial charge in [-0.05, 0) is 19.1 Å². The summed E-state index contributed by atoms with van der Waals surface area (Å²) in [6.07, 6.45) is 0. The third-order valence-electron chi connectivity index (χ3n) is 2.89.